The van der Waals surface area contributed by atoms with Crippen LogP contribution in [0.5, 0.6) is 0 Å². The van der Waals surface area contributed by atoms with E-state index < -0.39 is 29.9 Å². The minimum absolute atomic E-state index is 0.266. The maximum atomic E-state index is 13.4. The first-order chi connectivity index (χ1) is 17.4. The summed E-state index contributed by atoms with van der Waals surface area (Å²) < 4.78 is 0. The summed E-state index contributed by atoms with van der Waals surface area (Å²) >= 11 is 0. The molecule has 3 aromatic rings. The largest absolute Gasteiger partial charge is 0.325 e. The van der Waals surface area contributed by atoms with Gasteiger partial charge in [0, 0.05) is 5.69 Å². The van der Waals surface area contributed by atoms with Crippen molar-refractivity contribution >= 4 is 35.1 Å². The molecule has 5 amide bonds. The van der Waals surface area contributed by atoms with E-state index in [1.807, 2.05) is 49.4 Å². The molecule has 8 nitrogen and oxygen atoms in total. The van der Waals surface area contributed by atoms with Crippen LogP contribution in [-0.4, -0.2) is 35.2 Å². The molecule has 1 atom stereocenters. The fourth-order valence-electron chi connectivity index (χ4n) is 5.00. The number of benzene rings is 3. The molecule has 0 unspecified atom stereocenters. The maximum absolute atomic E-state index is 13.4. The number of anilines is 2. The van der Waals surface area contributed by atoms with Gasteiger partial charge in [-0.1, -0.05) is 48.5 Å². The van der Waals surface area contributed by atoms with Crippen LogP contribution in [0, 0.1) is 6.92 Å². The zero-order valence-corrected chi connectivity index (χ0v) is 19.8. The molecule has 1 heterocycles. The zero-order valence-electron chi connectivity index (χ0n) is 19.8. The van der Waals surface area contributed by atoms with E-state index in [1.165, 1.54) is 0 Å². The van der Waals surface area contributed by atoms with E-state index in [-0.39, 0.29) is 17.2 Å². The van der Waals surface area contributed by atoms with Crippen molar-refractivity contribution in [2.24, 2.45) is 0 Å². The van der Waals surface area contributed by atoms with Gasteiger partial charge in [0.1, 0.15) is 12.1 Å². The van der Waals surface area contributed by atoms with Crippen molar-refractivity contribution in [3.8, 4) is 0 Å². The molecule has 0 saturated carbocycles. The number of fused-ring (bicyclic) bond motifs is 2. The number of aryl methyl sites for hydroxylation is 2. The first-order valence-electron chi connectivity index (χ1n) is 11.9. The Morgan fingerprint density at radius 1 is 0.972 bits per heavy atom. The predicted octanol–water partition coefficient (Wildman–Crippen LogP) is 3.97. The highest BCUT2D eigenvalue weighted by Crippen LogP contribution is 2.39. The van der Waals surface area contributed by atoms with E-state index in [4.69, 9.17) is 0 Å². The van der Waals surface area contributed by atoms with E-state index in [9.17, 15) is 19.2 Å². The minimum atomic E-state index is -1.14. The number of carbonyl (C=O) groups is 4. The number of nitrogens with one attached hydrogen (secondary N) is 3. The van der Waals surface area contributed by atoms with Crippen LogP contribution in [-0.2, 0) is 21.5 Å². The number of imide groups is 1. The zero-order chi connectivity index (χ0) is 25.3. The average molecular weight is 483 g/mol. The van der Waals surface area contributed by atoms with Crippen molar-refractivity contribution in [1.82, 2.24) is 10.2 Å². The lowest BCUT2D eigenvalue weighted by Crippen LogP contribution is -2.47. The number of carbonyl (C=O) groups excluding carboxylic acids is 4. The second-order valence-electron chi connectivity index (χ2n) is 9.15. The Morgan fingerprint density at radius 3 is 2.58 bits per heavy atom. The first kappa shape index (κ1) is 23.3. The molecule has 8 heteroatoms. The molecule has 3 aromatic carbocycles. The number of nitrogens with zero attached hydrogens (tertiary/aromatic N) is 1. The fraction of sp³-hybridized carbons (Fsp3) is 0.214. The Labute approximate surface area is 208 Å². The number of hydrogen-bond acceptors (Lipinski definition) is 4. The van der Waals surface area contributed by atoms with Crippen LogP contribution in [0.1, 0.15) is 39.9 Å². The van der Waals surface area contributed by atoms with Crippen molar-refractivity contribution in [3.63, 3.8) is 0 Å². The van der Waals surface area contributed by atoms with Gasteiger partial charge < -0.3 is 16.0 Å². The highest BCUT2D eigenvalue weighted by molar-refractivity contribution is 6.13. The monoisotopic (exact) mass is 482 g/mol. The molecule has 0 bridgehead atoms. The lowest BCUT2D eigenvalue weighted by Gasteiger charge is -2.33. The molecule has 0 radical (unpaired) electrons. The molecule has 1 saturated heterocycles. The second kappa shape index (κ2) is 9.30. The van der Waals surface area contributed by atoms with Crippen LogP contribution in [0.15, 0.2) is 72.8 Å². The highest BCUT2D eigenvalue weighted by Gasteiger charge is 2.54. The Bertz CT molecular complexity index is 1390. The molecule has 1 fully saturated rings. The van der Waals surface area contributed by atoms with Gasteiger partial charge in [0.15, 0.2) is 0 Å². The molecule has 2 aliphatic rings. The molecular formula is C28H26N4O4. The minimum Gasteiger partial charge on any atom is -0.324 e. The standard InChI is InChI=1S/C28H26N4O4/c1-18-8-6-11-20(16-18)29-25(34)21-12-3-5-14-23(21)30-24(33)17-32-26(35)28(31-27(32)36)15-7-10-19-9-2-4-13-22(19)28/h2-6,8-9,11-14,16H,7,10,15,17H2,1H3,(H,29,34)(H,30,33)(H,31,36)/t28-/m1/s1. The van der Waals surface area contributed by atoms with Crippen molar-refractivity contribution < 1.29 is 19.2 Å². The normalized spacial score (nSPS) is 18.5. The van der Waals surface area contributed by atoms with Crippen molar-refractivity contribution in [3.05, 3.63) is 95.1 Å². The Kier molecular flexibility index (Phi) is 6.01. The SMILES string of the molecule is Cc1cccc(NC(=O)c2ccccc2NC(=O)CN2C(=O)N[C@@]3(CCCc4ccccc43)C2=O)c1. The van der Waals surface area contributed by atoms with Gasteiger partial charge >= 0.3 is 6.03 Å². The molecule has 1 aliphatic heterocycles. The van der Waals surface area contributed by atoms with E-state index in [2.05, 4.69) is 16.0 Å². The number of para-hydroxylation sites is 1. The van der Waals surface area contributed by atoms with E-state index in [0.29, 0.717) is 12.1 Å². The van der Waals surface area contributed by atoms with Gasteiger partial charge in [0.05, 0.1) is 11.3 Å². The smallest absolute Gasteiger partial charge is 0.324 e. The first-order valence-corrected chi connectivity index (χ1v) is 11.9. The van der Waals surface area contributed by atoms with Crippen LogP contribution in [0.3, 0.4) is 0 Å². The van der Waals surface area contributed by atoms with Crippen LogP contribution in [0.25, 0.3) is 0 Å². The molecule has 5 rings (SSSR count). The van der Waals surface area contributed by atoms with Gasteiger partial charge in [0.25, 0.3) is 11.8 Å². The molecular weight excluding hydrogens is 456 g/mol. The highest BCUT2D eigenvalue weighted by atomic mass is 16.2. The molecule has 1 aliphatic carbocycles. The van der Waals surface area contributed by atoms with Crippen molar-refractivity contribution in [2.75, 3.05) is 17.2 Å². The lowest BCUT2D eigenvalue weighted by molar-refractivity contribution is -0.134. The van der Waals surface area contributed by atoms with E-state index >= 15 is 0 Å². The Balaban J connectivity index is 1.31. The van der Waals surface area contributed by atoms with Crippen LogP contribution >= 0.6 is 0 Å². The fourth-order valence-corrected chi connectivity index (χ4v) is 5.00. The van der Waals surface area contributed by atoms with Crippen LogP contribution < -0.4 is 16.0 Å². The number of urea groups is 1. The Hall–Kier alpha value is -4.46. The summed E-state index contributed by atoms with van der Waals surface area (Å²) in [6, 6.07) is 21.0. The third-order valence-electron chi connectivity index (χ3n) is 6.67. The molecule has 36 heavy (non-hydrogen) atoms. The Morgan fingerprint density at radius 2 is 1.75 bits per heavy atom. The summed E-state index contributed by atoms with van der Waals surface area (Å²) in [6.45, 7) is 1.47. The summed E-state index contributed by atoms with van der Waals surface area (Å²) in [6.07, 6.45) is 2.07. The van der Waals surface area contributed by atoms with Crippen molar-refractivity contribution in [2.45, 2.75) is 31.7 Å². The van der Waals surface area contributed by atoms with Crippen LogP contribution in [0.2, 0.25) is 0 Å². The van der Waals surface area contributed by atoms with Crippen LogP contribution in [0.4, 0.5) is 16.2 Å². The third kappa shape index (κ3) is 4.22. The third-order valence-corrected chi connectivity index (χ3v) is 6.67. The summed E-state index contributed by atoms with van der Waals surface area (Å²) in [5, 5.41) is 8.37. The van der Waals surface area contributed by atoms with Gasteiger partial charge in [0.2, 0.25) is 5.91 Å². The number of amides is 5. The van der Waals surface area contributed by atoms with Gasteiger partial charge in [-0.25, -0.2) is 4.79 Å². The topological polar surface area (TPSA) is 108 Å². The van der Waals surface area contributed by atoms with Gasteiger partial charge in [-0.15, -0.1) is 0 Å². The quantitative estimate of drug-likeness (QED) is 0.478. The molecule has 182 valence electrons. The average Bonchev–Trinajstić information content (AvgIpc) is 3.09. The molecule has 0 aromatic heterocycles. The van der Waals surface area contributed by atoms with Gasteiger partial charge in [-0.2, -0.15) is 0 Å². The van der Waals surface area contributed by atoms with E-state index in [1.54, 1.807) is 30.3 Å². The van der Waals surface area contributed by atoms with Crippen molar-refractivity contribution in [1.29, 1.82) is 0 Å². The second-order valence-corrected chi connectivity index (χ2v) is 9.15. The summed E-state index contributed by atoms with van der Waals surface area (Å²) in [5.74, 6) is -1.39. The molecule has 3 N–H and O–H groups in total. The summed E-state index contributed by atoms with van der Waals surface area (Å²) in [4.78, 5) is 53.1. The summed E-state index contributed by atoms with van der Waals surface area (Å²) in [7, 11) is 0. The maximum Gasteiger partial charge on any atom is 0.325 e. The van der Waals surface area contributed by atoms with Gasteiger partial charge in [-0.05, 0) is 67.1 Å². The molecule has 1 spiro atoms. The van der Waals surface area contributed by atoms with E-state index in [0.717, 1.165) is 34.4 Å². The lowest BCUT2D eigenvalue weighted by atomic mass is 9.76. The van der Waals surface area contributed by atoms with Gasteiger partial charge in [-0.3, -0.25) is 19.3 Å². The number of hydrogen-bond donors (Lipinski definition) is 3. The summed E-state index contributed by atoms with van der Waals surface area (Å²) in [5.41, 5.74) is 2.87. The number of rotatable bonds is 5. The predicted molar refractivity (Wildman–Crippen MR) is 136 cm³/mol.